The molecule has 1 heterocycles. The Hall–Kier alpha value is -3.26. The van der Waals surface area contributed by atoms with E-state index in [-0.39, 0.29) is 11.1 Å². The zero-order chi connectivity index (χ0) is 24.0. The summed E-state index contributed by atoms with van der Waals surface area (Å²) in [5.74, 6) is -0.820. The Morgan fingerprint density at radius 3 is 2.48 bits per heavy atom. The van der Waals surface area contributed by atoms with Crippen molar-refractivity contribution in [3.05, 3.63) is 58.5 Å². The van der Waals surface area contributed by atoms with Gasteiger partial charge >= 0.3 is 5.97 Å². The summed E-state index contributed by atoms with van der Waals surface area (Å²) in [6, 6.07) is 12.4. The van der Waals surface area contributed by atoms with Crippen molar-refractivity contribution in [3.63, 3.8) is 0 Å². The Labute approximate surface area is 197 Å². The van der Waals surface area contributed by atoms with Crippen molar-refractivity contribution in [1.29, 1.82) is 0 Å². The van der Waals surface area contributed by atoms with E-state index in [0.717, 1.165) is 31.0 Å². The second-order valence-corrected chi connectivity index (χ2v) is 8.52. The number of nitrogens with zero attached hydrogens (tertiary/aromatic N) is 1. The average Bonchev–Trinajstić information content (AvgIpc) is 3.07. The maximum Gasteiger partial charge on any atom is 0.344 e. The second-order valence-electron chi connectivity index (χ2n) is 7.52. The first-order valence-corrected chi connectivity index (χ1v) is 11.7. The Bertz CT molecular complexity index is 1060. The maximum atomic E-state index is 13.0. The normalized spacial score (nSPS) is 15.7. The number of aliphatic carboxylic acids is 1. The minimum absolute atomic E-state index is 0.292. The lowest BCUT2D eigenvalue weighted by Gasteiger charge is -2.15. The number of carboxylic acid groups (broad SMARTS) is 1. The molecule has 8 heteroatoms. The van der Waals surface area contributed by atoms with Crippen LogP contribution >= 0.6 is 11.8 Å². The number of amides is 2. The minimum Gasteiger partial charge on any atom is -0.490 e. The first kappa shape index (κ1) is 24.4. The number of benzene rings is 2. The standard InChI is InChI=1S/C25H27NO6S/c1-4-6-7-17-8-11-19(12-9-17)26-23(27)22(33-25(26)30)15-18-10-13-20(21(14-18)31-5-2)32-16(3)24(28)29/h8-16H,4-7H2,1-3H3,(H,28,29)/b22-15+. The van der Waals surface area contributed by atoms with Gasteiger partial charge in [-0.05, 0) is 79.9 Å². The first-order valence-electron chi connectivity index (χ1n) is 10.9. The number of aryl methyl sites for hydroxylation is 1. The van der Waals surface area contributed by atoms with Crippen molar-refractivity contribution in [3.8, 4) is 11.5 Å². The van der Waals surface area contributed by atoms with Crippen LogP contribution in [0, 0.1) is 0 Å². The van der Waals surface area contributed by atoms with Crippen molar-refractivity contribution in [1.82, 2.24) is 0 Å². The van der Waals surface area contributed by atoms with Gasteiger partial charge in [0.2, 0.25) is 0 Å². The molecule has 0 bridgehead atoms. The summed E-state index contributed by atoms with van der Waals surface area (Å²) in [5.41, 5.74) is 2.35. The van der Waals surface area contributed by atoms with Gasteiger partial charge in [-0.2, -0.15) is 0 Å². The second kappa shape index (κ2) is 11.0. The molecule has 0 radical (unpaired) electrons. The van der Waals surface area contributed by atoms with Gasteiger partial charge in [-0.25, -0.2) is 9.69 Å². The smallest absolute Gasteiger partial charge is 0.344 e. The van der Waals surface area contributed by atoms with Crippen molar-refractivity contribution >= 4 is 40.6 Å². The maximum absolute atomic E-state index is 13.0. The highest BCUT2D eigenvalue weighted by Crippen LogP contribution is 2.37. The van der Waals surface area contributed by atoms with E-state index in [9.17, 15) is 14.4 Å². The number of hydrogen-bond donors (Lipinski definition) is 1. The predicted molar refractivity (Wildman–Crippen MR) is 129 cm³/mol. The molecule has 1 N–H and O–H groups in total. The van der Waals surface area contributed by atoms with Crippen molar-refractivity contribution in [2.75, 3.05) is 11.5 Å². The SMILES string of the molecule is CCCCc1ccc(N2C(=O)S/C(=C/c3ccc(OC(C)C(=O)O)c(OCC)c3)C2=O)cc1. The quantitative estimate of drug-likeness (QED) is 0.458. The molecule has 2 amide bonds. The lowest BCUT2D eigenvalue weighted by molar-refractivity contribution is -0.144. The van der Waals surface area contributed by atoms with E-state index >= 15 is 0 Å². The molecular formula is C25H27NO6S. The number of carbonyl (C=O) groups is 3. The van der Waals surface area contributed by atoms with E-state index in [1.54, 1.807) is 43.3 Å². The van der Waals surface area contributed by atoms with Gasteiger partial charge < -0.3 is 14.6 Å². The third-order valence-electron chi connectivity index (χ3n) is 5.02. The number of imide groups is 1. The first-order chi connectivity index (χ1) is 15.8. The molecule has 7 nitrogen and oxygen atoms in total. The number of unbranched alkanes of at least 4 members (excludes halogenated alkanes) is 1. The molecule has 1 aliphatic heterocycles. The van der Waals surface area contributed by atoms with Crippen molar-refractivity contribution in [2.24, 2.45) is 0 Å². The average molecular weight is 470 g/mol. The summed E-state index contributed by atoms with van der Waals surface area (Å²) in [5, 5.41) is 8.73. The molecule has 174 valence electrons. The highest BCUT2D eigenvalue weighted by atomic mass is 32.2. The third-order valence-corrected chi connectivity index (χ3v) is 5.89. The molecule has 3 rings (SSSR count). The van der Waals surface area contributed by atoms with E-state index in [2.05, 4.69) is 6.92 Å². The number of carbonyl (C=O) groups excluding carboxylic acids is 2. The zero-order valence-electron chi connectivity index (χ0n) is 18.9. The van der Waals surface area contributed by atoms with Crippen LogP contribution in [0.1, 0.15) is 44.7 Å². The van der Waals surface area contributed by atoms with Crippen LogP contribution in [0.2, 0.25) is 0 Å². The summed E-state index contributed by atoms with van der Waals surface area (Å²) in [7, 11) is 0. The molecule has 0 saturated carbocycles. The molecule has 0 aromatic heterocycles. The number of thioether (sulfide) groups is 1. The highest BCUT2D eigenvalue weighted by Gasteiger charge is 2.36. The van der Waals surface area contributed by atoms with Gasteiger partial charge in [0.1, 0.15) is 0 Å². The molecule has 1 unspecified atom stereocenters. The van der Waals surface area contributed by atoms with Gasteiger partial charge in [0, 0.05) is 0 Å². The monoisotopic (exact) mass is 469 g/mol. The van der Waals surface area contributed by atoms with Gasteiger partial charge in [0.15, 0.2) is 17.6 Å². The van der Waals surface area contributed by atoms with Gasteiger partial charge in [-0.3, -0.25) is 9.59 Å². The lowest BCUT2D eigenvalue weighted by atomic mass is 10.1. The predicted octanol–water partition coefficient (Wildman–Crippen LogP) is 5.52. The van der Waals surface area contributed by atoms with Crippen LogP contribution in [0.4, 0.5) is 10.5 Å². The van der Waals surface area contributed by atoms with Crippen LogP contribution in [-0.2, 0) is 16.0 Å². The van der Waals surface area contributed by atoms with Gasteiger partial charge in [-0.15, -0.1) is 0 Å². The van der Waals surface area contributed by atoms with E-state index in [1.807, 2.05) is 12.1 Å². The largest absolute Gasteiger partial charge is 0.490 e. The Morgan fingerprint density at radius 1 is 1.12 bits per heavy atom. The van der Waals surface area contributed by atoms with Gasteiger partial charge in [0.25, 0.3) is 11.1 Å². The summed E-state index contributed by atoms with van der Waals surface area (Å²) in [6.07, 6.45) is 3.73. The number of anilines is 1. The molecular weight excluding hydrogens is 442 g/mol. The number of rotatable bonds is 10. The number of hydrogen-bond acceptors (Lipinski definition) is 6. The minimum atomic E-state index is -1.09. The Kier molecular flexibility index (Phi) is 8.16. The molecule has 2 aromatic carbocycles. The Balaban J connectivity index is 1.82. The fraction of sp³-hybridized carbons (Fsp3) is 0.320. The zero-order valence-corrected chi connectivity index (χ0v) is 19.7. The van der Waals surface area contributed by atoms with Crippen LogP contribution in [0.15, 0.2) is 47.4 Å². The molecule has 0 aliphatic carbocycles. The number of ether oxygens (including phenoxy) is 2. The molecule has 2 aromatic rings. The van der Waals surface area contributed by atoms with Crippen LogP contribution in [0.25, 0.3) is 6.08 Å². The molecule has 1 aliphatic rings. The van der Waals surface area contributed by atoms with Gasteiger partial charge in [-0.1, -0.05) is 31.5 Å². The van der Waals surface area contributed by atoms with E-state index in [1.165, 1.54) is 17.4 Å². The molecule has 33 heavy (non-hydrogen) atoms. The molecule has 0 spiro atoms. The summed E-state index contributed by atoms with van der Waals surface area (Å²) in [6.45, 7) is 5.72. The molecule has 1 atom stereocenters. The fourth-order valence-electron chi connectivity index (χ4n) is 3.26. The van der Waals surface area contributed by atoms with Crippen LogP contribution in [0.5, 0.6) is 11.5 Å². The van der Waals surface area contributed by atoms with Crippen LogP contribution in [0.3, 0.4) is 0 Å². The third kappa shape index (κ3) is 5.96. The fourth-order valence-corrected chi connectivity index (χ4v) is 4.10. The van der Waals surface area contributed by atoms with Crippen LogP contribution < -0.4 is 14.4 Å². The lowest BCUT2D eigenvalue weighted by Crippen LogP contribution is -2.27. The highest BCUT2D eigenvalue weighted by molar-refractivity contribution is 8.19. The molecule has 1 fully saturated rings. The van der Waals surface area contributed by atoms with Crippen LogP contribution in [-0.4, -0.2) is 34.9 Å². The van der Waals surface area contributed by atoms with E-state index < -0.39 is 12.1 Å². The van der Waals surface area contributed by atoms with E-state index in [4.69, 9.17) is 14.6 Å². The summed E-state index contributed by atoms with van der Waals surface area (Å²) in [4.78, 5) is 38.1. The Morgan fingerprint density at radius 2 is 1.85 bits per heavy atom. The number of carboxylic acids is 1. The van der Waals surface area contributed by atoms with Crippen molar-refractivity contribution < 1.29 is 29.0 Å². The van der Waals surface area contributed by atoms with Crippen molar-refractivity contribution in [2.45, 2.75) is 46.1 Å². The summed E-state index contributed by atoms with van der Waals surface area (Å²) < 4.78 is 11.0. The van der Waals surface area contributed by atoms with Gasteiger partial charge in [0.05, 0.1) is 17.2 Å². The molecule has 1 saturated heterocycles. The summed E-state index contributed by atoms with van der Waals surface area (Å²) >= 11 is 0.876. The topological polar surface area (TPSA) is 93.1 Å². The van der Waals surface area contributed by atoms with E-state index in [0.29, 0.717) is 34.3 Å².